The van der Waals surface area contributed by atoms with Gasteiger partial charge in [0, 0.05) is 16.5 Å². The van der Waals surface area contributed by atoms with E-state index in [9.17, 15) is 4.79 Å². The van der Waals surface area contributed by atoms with Gasteiger partial charge in [0.25, 0.3) is 5.56 Å². The molecule has 1 heterocycles. The van der Waals surface area contributed by atoms with Gasteiger partial charge in [-0.25, -0.2) is 4.98 Å². The molecule has 4 aromatic rings. The molecule has 0 fully saturated rings. The maximum Gasteiger partial charge on any atom is 0.282 e. The summed E-state index contributed by atoms with van der Waals surface area (Å²) in [5.74, 6) is 1.36. The Balaban J connectivity index is 1.90. The van der Waals surface area contributed by atoms with Crippen LogP contribution in [0.4, 0.5) is 0 Å². The van der Waals surface area contributed by atoms with Crippen molar-refractivity contribution in [1.29, 1.82) is 0 Å². The summed E-state index contributed by atoms with van der Waals surface area (Å²) >= 11 is 3.44. The van der Waals surface area contributed by atoms with Gasteiger partial charge in [-0.15, -0.1) is 0 Å². The van der Waals surface area contributed by atoms with Crippen molar-refractivity contribution in [2.45, 2.75) is 39.7 Å². The Bertz CT molecular complexity index is 1340. The van der Waals surface area contributed by atoms with Crippen LogP contribution in [0.15, 0.2) is 69.0 Å². The standard InChI is InChI=1S/C25H24BrN3O2/c1-4-16(3)31-23-13-10-17-8-6-7-9-19(17)21(23)15-27-29-24(5-2)28-22-12-11-18(26)14-20(22)25(29)30/h6-16H,4-5H2,1-3H3/t16-/m0/s1. The molecule has 4 rings (SSSR count). The Morgan fingerprint density at radius 1 is 1.13 bits per heavy atom. The van der Waals surface area contributed by atoms with Gasteiger partial charge in [0.1, 0.15) is 11.6 Å². The summed E-state index contributed by atoms with van der Waals surface area (Å²) < 4.78 is 8.39. The first-order valence-electron chi connectivity index (χ1n) is 10.5. The van der Waals surface area contributed by atoms with Crippen LogP contribution in [0.2, 0.25) is 0 Å². The number of nitrogens with zero attached hydrogens (tertiary/aromatic N) is 3. The van der Waals surface area contributed by atoms with Gasteiger partial charge in [-0.1, -0.05) is 60.1 Å². The lowest BCUT2D eigenvalue weighted by atomic mass is 10.0. The van der Waals surface area contributed by atoms with Crippen LogP contribution < -0.4 is 10.3 Å². The van der Waals surface area contributed by atoms with E-state index in [2.05, 4.69) is 39.0 Å². The molecular formula is C25H24BrN3O2. The third kappa shape index (κ3) is 4.26. The maximum absolute atomic E-state index is 13.2. The summed E-state index contributed by atoms with van der Waals surface area (Å²) in [4.78, 5) is 17.9. The molecule has 0 saturated carbocycles. The first-order valence-corrected chi connectivity index (χ1v) is 11.2. The fourth-order valence-electron chi connectivity index (χ4n) is 3.47. The fourth-order valence-corrected chi connectivity index (χ4v) is 3.83. The average Bonchev–Trinajstić information content (AvgIpc) is 2.79. The van der Waals surface area contributed by atoms with Crippen molar-refractivity contribution in [2.75, 3.05) is 0 Å². The molecule has 0 N–H and O–H groups in total. The van der Waals surface area contributed by atoms with Crippen LogP contribution in [-0.4, -0.2) is 22.0 Å². The molecule has 6 heteroatoms. The van der Waals surface area contributed by atoms with Crippen molar-refractivity contribution < 1.29 is 4.74 Å². The van der Waals surface area contributed by atoms with Crippen molar-refractivity contribution in [2.24, 2.45) is 5.10 Å². The summed E-state index contributed by atoms with van der Waals surface area (Å²) in [6.07, 6.45) is 3.27. The van der Waals surface area contributed by atoms with Gasteiger partial charge in [0.05, 0.1) is 23.2 Å². The minimum absolute atomic E-state index is 0.0712. The molecule has 1 aromatic heterocycles. The lowest BCUT2D eigenvalue weighted by Crippen LogP contribution is -2.22. The molecule has 158 valence electrons. The summed E-state index contributed by atoms with van der Waals surface area (Å²) in [7, 11) is 0. The Morgan fingerprint density at radius 3 is 2.71 bits per heavy atom. The smallest absolute Gasteiger partial charge is 0.282 e. The minimum atomic E-state index is -0.191. The highest BCUT2D eigenvalue weighted by molar-refractivity contribution is 9.10. The number of rotatable bonds is 6. The SMILES string of the molecule is CCc1nc2ccc(Br)cc2c(=O)n1N=Cc1c(O[C@@H](C)CC)ccc2ccccc12. The number of hydrogen-bond donors (Lipinski definition) is 0. The van der Waals surface area contributed by atoms with E-state index in [-0.39, 0.29) is 11.7 Å². The molecule has 3 aromatic carbocycles. The van der Waals surface area contributed by atoms with E-state index >= 15 is 0 Å². The normalized spacial score (nSPS) is 12.6. The highest BCUT2D eigenvalue weighted by Crippen LogP contribution is 2.28. The van der Waals surface area contributed by atoms with E-state index < -0.39 is 0 Å². The van der Waals surface area contributed by atoms with Crippen LogP contribution >= 0.6 is 15.9 Å². The molecule has 31 heavy (non-hydrogen) atoms. The molecule has 0 spiro atoms. The molecule has 0 radical (unpaired) electrons. The Hall–Kier alpha value is -2.99. The van der Waals surface area contributed by atoms with Gasteiger partial charge < -0.3 is 4.74 Å². The van der Waals surface area contributed by atoms with Crippen LogP contribution in [0, 0.1) is 0 Å². The number of aryl methyl sites for hydroxylation is 1. The quantitative estimate of drug-likeness (QED) is 0.323. The third-order valence-electron chi connectivity index (χ3n) is 5.33. The Kier molecular flexibility index (Phi) is 6.18. The second-order valence-electron chi connectivity index (χ2n) is 7.44. The predicted octanol–water partition coefficient (Wildman–Crippen LogP) is 5.93. The van der Waals surface area contributed by atoms with E-state index in [1.54, 1.807) is 12.3 Å². The Morgan fingerprint density at radius 2 is 1.94 bits per heavy atom. The predicted molar refractivity (Wildman–Crippen MR) is 130 cm³/mol. The van der Waals surface area contributed by atoms with Gasteiger partial charge in [0.15, 0.2) is 0 Å². The fraction of sp³-hybridized carbons (Fsp3) is 0.240. The summed E-state index contributed by atoms with van der Waals surface area (Å²) in [5, 5.41) is 7.23. The van der Waals surface area contributed by atoms with E-state index in [0.717, 1.165) is 33.0 Å². The summed E-state index contributed by atoms with van der Waals surface area (Å²) in [6, 6.07) is 17.6. The largest absolute Gasteiger partial charge is 0.490 e. The lowest BCUT2D eigenvalue weighted by molar-refractivity contribution is 0.217. The van der Waals surface area contributed by atoms with E-state index in [0.29, 0.717) is 23.1 Å². The zero-order chi connectivity index (χ0) is 22.0. The number of ether oxygens (including phenoxy) is 1. The summed E-state index contributed by atoms with van der Waals surface area (Å²) in [6.45, 7) is 6.10. The second kappa shape index (κ2) is 9.02. The first-order chi connectivity index (χ1) is 15.0. The third-order valence-corrected chi connectivity index (χ3v) is 5.82. The van der Waals surface area contributed by atoms with Crippen molar-refractivity contribution in [3.05, 3.63) is 80.8 Å². The van der Waals surface area contributed by atoms with Gasteiger partial charge >= 0.3 is 0 Å². The topological polar surface area (TPSA) is 56.5 Å². The van der Waals surface area contributed by atoms with Crippen LogP contribution in [0.5, 0.6) is 5.75 Å². The molecule has 0 amide bonds. The highest BCUT2D eigenvalue weighted by atomic mass is 79.9. The van der Waals surface area contributed by atoms with E-state index in [1.165, 1.54) is 4.68 Å². The van der Waals surface area contributed by atoms with Crippen molar-refractivity contribution >= 4 is 43.8 Å². The molecule has 0 aliphatic carbocycles. The zero-order valence-corrected chi connectivity index (χ0v) is 19.4. The molecule has 0 saturated heterocycles. The van der Waals surface area contributed by atoms with Crippen molar-refractivity contribution in [1.82, 2.24) is 9.66 Å². The van der Waals surface area contributed by atoms with Crippen LogP contribution in [0.1, 0.15) is 38.6 Å². The van der Waals surface area contributed by atoms with E-state index in [1.807, 2.05) is 56.3 Å². The van der Waals surface area contributed by atoms with Gasteiger partial charge in [-0.3, -0.25) is 4.79 Å². The number of benzene rings is 3. The first kappa shape index (κ1) is 21.2. The number of aromatic nitrogens is 2. The second-order valence-corrected chi connectivity index (χ2v) is 8.36. The molecule has 0 aliphatic heterocycles. The van der Waals surface area contributed by atoms with Crippen molar-refractivity contribution in [3.63, 3.8) is 0 Å². The number of fused-ring (bicyclic) bond motifs is 2. The number of hydrogen-bond acceptors (Lipinski definition) is 4. The van der Waals surface area contributed by atoms with Crippen LogP contribution in [-0.2, 0) is 6.42 Å². The molecule has 5 nitrogen and oxygen atoms in total. The van der Waals surface area contributed by atoms with Gasteiger partial charge in [-0.2, -0.15) is 9.78 Å². The zero-order valence-electron chi connectivity index (χ0n) is 17.8. The van der Waals surface area contributed by atoms with Gasteiger partial charge in [0.2, 0.25) is 0 Å². The summed E-state index contributed by atoms with van der Waals surface area (Å²) in [5.41, 5.74) is 1.33. The van der Waals surface area contributed by atoms with Crippen LogP contribution in [0.25, 0.3) is 21.7 Å². The highest BCUT2D eigenvalue weighted by Gasteiger charge is 2.12. The van der Waals surface area contributed by atoms with E-state index in [4.69, 9.17) is 4.74 Å². The van der Waals surface area contributed by atoms with Crippen LogP contribution in [0.3, 0.4) is 0 Å². The minimum Gasteiger partial charge on any atom is -0.490 e. The average molecular weight is 478 g/mol. The molecule has 1 atom stereocenters. The molecule has 0 bridgehead atoms. The van der Waals surface area contributed by atoms with Gasteiger partial charge in [-0.05, 0) is 48.4 Å². The monoisotopic (exact) mass is 477 g/mol. The maximum atomic E-state index is 13.2. The Labute approximate surface area is 189 Å². The van der Waals surface area contributed by atoms with Crippen molar-refractivity contribution in [3.8, 4) is 5.75 Å². The molecular weight excluding hydrogens is 454 g/mol. The molecule has 0 aliphatic rings. The lowest BCUT2D eigenvalue weighted by Gasteiger charge is -2.16. The molecule has 0 unspecified atom stereocenters. The number of halogens is 1.